The number of hydrogen-bond acceptors (Lipinski definition) is 6. The first-order valence-electron chi connectivity index (χ1n) is 6.72. The van der Waals surface area contributed by atoms with Gasteiger partial charge in [-0.2, -0.15) is 0 Å². The van der Waals surface area contributed by atoms with Gasteiger partial charge in [0.1, 0.15) is 10.6 Å². The summed E-state index contributed by atoms with van der Waals surface area (Å²) in [5, 5.41) is 12.1. The number of carbonyl (C=O) groups excluding carboxylic acids is 1. The fraction of sp³-hybridized carbons (Fsp3) is 0.200. The van der Waals surface area contributed by atoms with Crippen molar-refractivity contribution >= 4 is 33.3 Å². The van der Waals surface area contributed by atoms with Gasteiger partial charge in [-0.3, -0.25) is 14.9 Å². The predicted octanol–water partition coefficient (Wildman–Crippen LogP) is 3.02. The van der Waals surface area contributed by atoms with Gasteiger partial charge in [0, 0.05) is 12.0 Å². The molecular formula is C15H13N3O3S. The van der Waals surface area contributed by atoms with Crippen LogP contribution in [0.2, 0.25) is 0 Å². The summed E-state index contributed by atoms with van der Waals surface area (Å²) in [5.41, 5.74) is 0.118. The van der Waals surface area contributed by atoms with E-state index in [-0.39, 0.29) is 17.1 Å². The fourth-order valence-electron chi connectivity index (χ4n) is 1.89. The minimum Gasteiger partial charge on any atom is -0.451 e. The summed E-state index contributed by atoms with van der Waals surface area (Å²) < 4.78 is 5.48. The smallest absolute Gasteiger partial charge is 0.293 e. The maximum Gasteiger partial charge on any atom is 0.293 e. The number of anilines is 1. The Kier molecular flexibility index (Phi) is 3.72. The first-order chi connectivity index (χ1) is 10.5. The van der Waals surface area contributed by atoms with Crippen molar-refractivity contribution in [1.29, 1.82) is 0 Å². The summed E-state index contributed by atoms with van der Waals surface area (Å²) in [6.07, 6.45) is 0. The molecule has 7 heteroatoms. The number of nitrogens with zero attached hydrogens (tertiary/aromatic N) is 2. The van der Waals surface area contributed by atoms with E-state index in [1.165, 1.54) is 17.4 Å². The van der Waals surface area contributed by atoms with Gasteiger partial charge in [-0.05, 0) is 12.1 Å². The van der Waals surface area contributed by atoms with Gasteiger partial charge in [-0.25, -0.2) is 0 Å². The van der Waals surface area contributed by atoms with E-state index >= 15 is 0 Å². The van der Waals surface area contributed by atoms with Gasteiger partial charge in [-0.1, -0.05) is 37.3 Å². The molecule has 0 atom stereocenters. The third kappa shape index (κ3) is 2.75. The van der Waals surface area contributed by atoms with E-state index in [1.807, 2.05) is 13.8 Å². The highest BCUT2D eigenvalue weighted by molar-refractivity contribution is 7.15. The van der Waals surface area contributed by atoms with Crippen molar-refractivity contribution in [3.05, 3.63) is 51.3 Å². The third-order valence-corrected chi connectivity index (χ3v) is 4.15. The fourth-order valence-corrected chi connectivity index (χ4v) is 2.63. The molecule has 6 nitrogen and oxygen atoms in total. The molecule has 1 N–H and O–H groups in total. The molecule has 2 heterocycles. The SMILES string of the molecule is CC(C)c1nnc(NC(=O)c2cc(=O)c3ccccc3o2)s1. The van der Waals surface area contributed by atoms with E-state index in [1.54, 1.807) is 24.3 Å². The van der Waals surface area contributed by atoms with Crippen molar-refractivity contribution in [3.8, 4) is 0 Å². The molecule has 112 valence electrons. The second-order valence-corrected chi connectivity index (χ2v) is 6.03. The number of hydrogen-bond donors (Lipinski definition) is 1. The Morgan fingerprint density at radius 2 is 2.05 bits per heavy atom. The van der Waals surface area contributed by atoms with Crippen LogP contribution in [-0.2, 0) is 0 Å². The number of amides is 1. The van der Waals surface area contributed by atoms with Crippen LogP contribution in [-0.4, -0.2) is 16.1 Å². The average Bonchev–Trinajstić information content (AvgIpc) is 2.96. The van der Waals surface area contributed by atoms with Crippen molar-refractivity contribution in [3.63, 3.8) is 0 Å². The first-order valence-corrected chi connectivity index (χ1v) is 7.54. The molecule has 0 saturated carbocycles. The number of fused-ring (bicyclic) bond motifs is 1. The Balaban J connectivity index is 1.90. The molecular weight excluding hydrogens is 302 g/mol. The van der Waals surface area contributed by atoms with Crippen LogP contribution in [0.5, 0.6) is 0 Å². The largest absolute Gasteiger partial charge is 0.451 e. The Morgan fingerprint density at radius 1 is 1.27 bits per heavy atom. The zero-order valence-electron chi connectivity index (χ0n) is 12.0. The maximum atomic E-state index is 12.2. The molecule has 3 aromatic rings. The van der Waals surface area contributed by atoms with Gasteiger partial charge in [0.15, 0.2) is 11.2 Å². The van der Waals surface area contributed by atoms with E-state index in [0.717, 1.165) is 5.01 Å². The number of carbonyl (C=O) groups is 1. The molecule has 0 spiro atoms. The van der Waals surface area contributed by atoms with Crippen LogP contribution < -0.4 is 10.7 Å². The minimum atomic E-state index is -0.519. The maximum absolute atomic E-state index is 12.2. The molecule has 0 bridgehead atoms. The molecule has 0 unspecified atom stereocenters. The Labute approximate surface area is 129 Å². The number of aromatic nitrogens is 2. The Bertz CT molecular complexity index is 898. The Hall–Kier alpha value is -2.54. The van der Waals surface area contributed by atoms with E-state index in [2.05, 4.69) is 15.5 Å². The van der Waals surface area contributed by atoms with Crippen LogP contribution in [0.25, 0.3) is 11.0 Å². The van der Waals surface area contributed by atoms with Crippen LogP contribution in [0.3, 0.4) is 0 Å². The van der Waals surface area contributed by atoms with Crippen molar-refractivity contribution in [2.75, 3.05) is 5.32 Å². The summed E-state index contributed by atoms with van der Waals surface area (Å²) in [4.78, 5) is 24.2. The van der Waals surface area contributed by atoms with Gasteiger partial charge in [0.2, 0.25) is 5.13 Å². The molecule has 2 aromatic heterocycles. The summed E-state index contributed by atoms with van der Waals surface area (Å²) in [5.74, 6) is -0.332. The van der Waals surface area contributed by atoms with Crippen molar-refractivity contribution in [2.45, 2.75) is 19.8 Å². The highest BCUT2D eigenvalue weighted by Gasteiger charge is 2.15. The average molecular weight is 315 g/mol. The van der Waals surface area contributed by atoms with E-state index in [4.69, 9.17) is 4.42 Å². The molecule has 0 aliphatic carbocycles. The molecule has 0 saturated heterocycles. The second-order valence-electron chi connectivity index (χ2n) is 5.03. The lowest BCUT2D eigenvalue weighted by atomic mass is 10.2. The Morgan fingerprint density at radius 3 is 2.77 bits per heavy atom. The number of para-hydroxylation sites is 1. The lowest BCUT2D eigenvalue weighted by Crippen LogP contribution is -2.14. The van der Waals surface area contributed by atoms with Crippen molar-refractivity contribution in [2.24, 2.45) is 0 Å². The van der Waals surface area contributed by atoms with Gasteiger partial charge in [-0.15, -0.1) is 10.2 Å². The normalized spacial score (nSPS) is 11.0. The monoisotopic (exact) mass is 315 g/mol. The molecule has 22 heavy (non-hydrogen) atoms. The van der Waals surface area contributed by atoms with Crippen LogP contribution in [0.1, 0.15) is 35.3 Å². The molecule has 1 amide bonds. The second kappa shape index (κ2) is 5.69. The third-order valence-electron chi connectivity index (χ3n) is 3.01. The summed E-state index contributed by atoms with van der Waals surface area (Å²) in [7, 11) is 0. The topological polar surface area (TPSA) is 85.1 Å². The summed E-state index contributed by atoms with van der Waals surface area (Å²) in [6.45, 7) is 3.99. The van der Waals surface area contributed by atoms with Gasteiger partial charge >= 0.3 is 0 Å². The highest BCUT2D eigenvalue weighted by Crippen LogP contribution is 2.23. The summed E-state index contributed by atoms with van der Waals surface area (Å²) in [6, 6.07) is 7.97. The molecule has 1 aromatic carbocycles. The van der Waals surface area contributed by atoms with E-state index in [0.29, 0.717) is 16.1 Å². The highest BCUT2D eigenvalue weighted by atomic mass is 32.1. The van der Waals surface area contributed by atoms with Crippen LogP contribution in [0.15, 0.2) is 39.5 Å². The van der Waals surface area contributed by atoms with Crippen LogP contribution >= 0.6 is 11.3 Å². The van der Waals surface area contributed by atoms with Crippen LogP contribution in [0, 0.1) is 0 Å². The van der Waals surface area contributed by atoms with Crippen molar-refractivity contribution in [1.82, 2.24) is 10.2 Å². The van der Waals surface area contributed by atoms with Crippen molar-refractivity contribution < 1.29 is 9.21 Å². The number of benzene rings is 1. The minimum absolute atomic E-state index is 0.0509. The first kappa shape index (κ1) is 14.4. The molecule has 0 fully saturated rings. The van der Waals surface area contributed by atoms with Gasteiger partial charge in [0.25, 0.3) is 5.91 Å². The van der Waals surface area contributed by atoms with Gasteiger partial charge < -0.3 is 4.42 Å². The van der Waals surface area contributed by atoms with E-state index < -0.39 is 5.91 Å². The molecule has 3 rings (SSSR count). The molecule has 0 aliphatic heterocycles. The van der Waals surface area contributed by atoms with Gasteiger partial charge in [0.05, 0.1) is 5.39 Å². The molecule has 0 radical (unpaired) electrons. The zero-order valence-corrected chi connectivity index (χ0v) is 12.8. The quantitative estimate of drug-likeness (QED) is 0.803. The lowest BCUT2D eigenvalue weighted by Gasteiger charge is -2.02. The molecule has 0 aliphatic rings. The zero-order chi connectivity index (χ0) is 15.7. The number of nitrogens with one attached hydrogen (secondary N) is 1. The van der Waals surface area contributed by atoms with E-state index in [9.17, 15) is 9.59 Å². The predicted molar refractivity (Wildman–Crippen MR) is 84.4 cm³/mol. The summed E-state index contributed by atoms with van der Waals surface area (Å²) >= 11 is 1.30. The number of rotatable bonds is 3. The lowest BCUT2D eigenvalue weighted by molar-refractivity contribution is 0.0997. The van der Waals surface area contributed by atoms with Crippen LogP contribution in [0.4, 0.5) is 5.13 Å². The standard InChI is InChI=1S/C15H13N3O3S/c1-8(2)14-17-18-15(22-14)16-13(20)12-7-10(19)9-5-3-4-6-11(9)21-12/h3-8H,1-2H3,(H,16,18,20).